The van der Waals surface area contributed by atoms with Gasteiger partial charge in [0.05, 0.1) is 56.3 Å². The molecule has 3 heterocycles. The fourth-order valence-electron chi connectivity index (χ4n) is 8.22. The monoisotopic (exact) mass is 1090 g/mol. The maximum atomic E-state index is 12.9. The third-order valence-electron chi connectivity index (χ3n) is 12.8. The number of ether oxygens (including phenoxy) is 6. The molecule has 0 fully saturated rings. The van der Waals surface area contributed by atoms with Crippen molar-refractivity contribution >= 4 is 53.1 Å². The number of nitrogens with one attached hydrogen (secondary N) is 6. The van der Waals surface area contributed by atoms with Gasteiger partial charge in [0.15, 0.2) is 18.1 Å². The third kappa shape index (κ3) is 17.3. The van der Waals surface area contributed by atoms with Crippen LogP contribution < -0.4 is 31.9 Å². The molecular weight excluding hydrogens is 1010 g/mol. The number of carbonyl (C=O) groups excluding carboxylic acids is 6. The van der Waals surface area contributed by atoms with Gasteiger partial charge >= 0.3 is 0 Å². The summed E-state index contributed by atoms with van der Waals surface area (Å²) in [5.41, 5.74) is 0.412. The number of benzene rings is 3. The maximum absolute atomic E-state index is 12.9. The quantitative estimate of drug-likeness (QED) is 0.0408. The van der Waals surface area contributed by atoms with E-state index in [-0.39, 0.29) is 169 Å². The summed E-state index contributed by atoms with van der Waals surface area (Å²) in [7, 11) is 0. The van der Waals surface area contributed by atoms with Crippen LogP contribution in [-0.2, 0) is 57.2 Å². The number of hydrogen-bond acceptors (Lipinski definition) is 18. The van der Waals surface area contributed by atoms with Gasteiger partial charge in [0.1, 0.15) is 35.6 Å². The summed E-state index contributed by atoms with van der Waals surface area (Å²) in [6, 6.07) is 17.1. The van der Waals surface area contributed by atoms with Crippen LogP contribution in [0.25, 0.3) is 0 Å². The second-order valence-corrected chi connectivity index (χ2v) is 18.8. The van der Waals surface area contributed by atoms with Crippen LogP contribution in [-0.4, -0.2) is 184 Å². The maximum Gasteiger partial charge on any atom is 0.248 e. The number of hydrogen-bond donors (Lipinski definition) is 9. The highest BCUT2D eigenvalue weighted by molar-refractivity contribution is 6.02. The Morgan fingerprint density at radius 1 is 0.462 bits per heavy atom. The van der Waals surface area contributed by atoms with E-state index in [2.05, 4.69) is 46.9 Å². The van der Waals surface area contributed by atoms with E-state index in [9.17, 15) is 44.1 Å². The number of aromatic hydroxyl groups is 3. The van der Waals surface area contributed by atoms with Gasteiger partial charge in [-0.2, -0.15) is 0 Å². The highest BCUT2D eigenvalue weighted by Crippen LogP contribution is 2.28. The first kappa shape index (κ1) is 59.4. The highest BCUT2D eigenvalue weighted by Gasteiger charge is 2.37. The van der Waals surface area contributed by atoms with Crippen LogP contribution in [0.1, 0.15) is 70.1 Å². The Morgan fingerprint density at radius 2 is 0.731 bits per heavy atom. The summed E-state index contributed by atoms with van der Waals surface area (Å²) in [5, 5.41) is 47.0. The van der Waals surface area contributed by atoms with E-state index < -0.39 is 41.9 Å². The van der Waals surface area contributed by atoms with E-state index in [4.69, 9.17) is 28.4 Å². The fourth-order valence-corrected chi connectivity index (χ4v) is 8.22. The van der Waals surface area contributed by atoms with E-state index in [1.807, 2.05) is 6.92 Å². The molecule has 0 unspecified atom stereocenters. The predicted molar refractivity (Wildman–Crippen MR) is 284 cm³/mol. The molecule has 3 aliphatic rings. The first-order chi connectivity index (χ1) is 37.6. The zero-order valence-electron chi connectivity index (χ0n) is 44.3. The van der Waals surface area contributed by atoms with E-state index in [0.717, 1.165) is 0 Å². The van der Waals surface area contributed by atoms with Crippen LogP contribution in [0.3, 0.4) is 0 Å². The van der Waals surface area contributed by atoms with Crippen LogP contribution in [0.15, 0.2) is 87.8 Å². The molecule has 6 atom stereocenters. The molecule has 9 N–H and O–H groups in total. The minimum Gasteiger partial charge on any atom is -0.507 e. The van der Waals surface area contributed by atoms with Gasteiger partial charge in [0.2, 0.25) is 53.1 Å². The van der Waals surface area contributed by atoms with Crippen molar-refractivity contribution in [3.63, 3.8) is 0 Å². The summed E-state index contributed by atoms with van der Waals surface area (Å²) in [6.45, 7) is 8.36. The lowest BCUT2D eigenvalue weighted by Gasteiger charge is -2.32. The minimum absolute atomic E-state index is 0.0122. The van der Waals surface area contributed by atoms with Crippen LogP contribution >= 0.6 is 0 Å². The molecule has 3 aliphatic heterocycles. The zero-order chi connectivity index (χ0) is 56.0. The Bertz CT molecular complexity index is 2370. The second-order valence-electron chi connectivity index (χ2n) is 18.8. The van der Waals surface area contributed by atoms with Gasteiger partial charge in [-0.1, -0.05) is 43.3 Å². The van der Waals surface area contributed by atoms with Crippen LogP contribution in [0.5, 0.6) is 17.2 Å². The van der Waals surface area contributed by atoms with Crippen LogP contribution in [0, 0.1) is 5.41 Å². The van der Waals surface area contributed by atoms with E-state index in [1.165, 1.54) is 18.2 Å². The number of aliphatic imine (C=N–C) groups is 3. The van der Waals surface area contributed by atoms with Crippen LogP contribution in [0.4, 0.5) is 0 Å². The highest BCUT2D eigenvalue weighted by atomic mass is 16.5. The first-order valence-electron chi connectivity index (χ1n) is 26.0. The Hall–Kier alpha value is -7.83. The molecule has 3 aromatic rings. The van der Waals surface area contributed by atoms with Crippen molar-refractivity contribution in [1.29, 1.82) is 0 Å². The molecule has 0 saturated heterocycles. The number of phenolic OH excluding ortho intramolecular Hbond substituents is 3. The number of nitrogens with zero attached hydrogens (tertiary/aromatic N) is 3. The standard InChI is InChI=1S/C54H71N9O15/c1-5-54(30-73-27-18-42(67)55-21-24-58-48(70)45-33(2)76-51(61-45)36-12-6-9-15-39(36)64,31-74-28-19-43(68)56-22-25-59-49(71)46-34(3)77-52(62-46)37-13-7-10-16-40(37)65)32-75-29-20-44(69)57-23-26-60-50(72)47-35(4)78-53(63-47)38-14-8-11-17-41(38)66/h6-17,33-35,45-47,64-66H,5,18-32H2,1-4H3,(H,55,67)(H,56,68)(H,57,69)(H,58,70)(H,59,71)(H,60,72)/t33-,34-,35-,45-,46-,47-/m0/s1. The number of amides is 6. The Balaban J connectivity index is 0.901. The van der Waals surface area contributed by atoms with Gasteiger partial charge in [0, 0.05) is 63.9 Å². The lowest BCUT2D eigenvalue weighted by atomic mass is 9.88. The van der Waals surface area contributed by atoms with Gasteiger partial charge in [-0.3, -0.25) is 28.8 Å². The summed E-state index contributed by atoms with van der Waals surface area (Å²) in [6.07, 6.45) is -1.15. The molecule has 6 amide bonds. The lowest BCUT2D eigenvalue weighted by Crippen LogP contribution is -2.42. The lowest BCUT2D eigenvalue weighted by molar-refractivity contribution is -0.126. The SMILES string of the molecule is CCC(COCCC(=O)NCCNC(=O)[C@H]1N=C(c2ccccc2O)O[C@H]1C)(COCCC(=O)NCCNC(=O)[C@H]1N=C(c2ccccc2O)O[C@H]1C)COCCC(=O)NCCNC(=O)[C@H]1N=C(c2ccccc2O)O[C@H]1C. The van der Waals surface area contributed by atoms with Crippen molar-refractivity contribution in [3.05, 3.63) is 89.5 Å². The van der Waals surface area contributed by atoms with Gasteiger partial charge in [0.25, 0.3) is 0 Å². The van der Waals surface area contributed by atoms with E-state index in [0.29, 0.717) is 23.1 Å². The van der Waals surface area contributed by atoms with Crippen molar-refractivity contribution in [3.8, 4) is 17.2 Å². The molecular formula is C54H71N9O15. The number of phenols is 3. The third-order valence-corrected chi connectivity index (χ3v) is 12.8. The zero-order valence-corrected chi connectivity index (χ0v) is 44.3. The van der Waals surface area contributed by atoms with Gasteiger partial charge in [-0.25, -0.2) is 15.0 Å². The Labute approximate surface area is 452 Å². The molecule has 24 nitrogen and oxygen atoms in total. The molecule has 0 spiro atoms. The van der Waals surface area contributed by atoms with Crippen molar-refractivity contribution in [2.24, 2.45) is 20.4 Å². The summed E-state index contributed by atoms with van der Waals surface area (Å²) in [4.78, 5) is 89.9. The number of para-hydroxylation sites is 3. The molecule has 3 aromatic carbocycles. The molecule has 0 saturated carbocycles. The van der Waals surface area contributed by atoms with Gasteiger partial charge in [-0.15, -0.1) is 0 Å². The van der Waals surface area contributed by atoms with E-state index >= 15 is 0 Å². The van der Waals surface area contributed by atoms with Crippen molar-refractivity contribution in [2.75, 3.05) is 78.9 Å². The second kappa shape index (κ2) is 29.6. The number of rotatable bonds is 31. The molecule has 422 valence electrons. The molecule has 78 heavy (non-hydrogen) atoms. The fraction of sp³-hybridized carbons (Fsp3) is 0.500. The minimum atomic E-state index is -0.833. The normalized spacial score (nSPS) is 19.5. The molecule has 0 aromatic heterocycles. The average molecular weight is 1090 g/mol. The Morgan fingerprint density at radius 3 is 1.00 bits per heavy atom. The number of carbonyl (C=O) groups is 6. The Kier molecular flexibility index (Phi) is 22.6. The predicted octanol–water partition coefficient (Wildman–Crippen LogP) is 1.12. The topological polar surface area (TPSA) is 328 Å². The van der Waals surface area contributed by atoms with Crippen molar-refractivity contribution < 1.29 is 72.5 Å². The molecule has 6 rings (SSSR count). The van der Waals surface area contributed by atoms with Crippen molar-refractivity contribution in [1.82, 2.24) is 31.9 Å². The molecule has 24 heteroatoms. The molecule has 0 bridgehead atoms. The largest absolute Gasteiger partial charge is 0.507 e. The van der Waals surface area contributed by atoms with Gasteiger partial charge in [-0.05, 0) is 63.6 Å². The first-order valence-corrected chi connectivity index (χ1v) is 26.0. The summed E-state index contributed by atoms with van der Waals surface area (Å²) < 4.78 is 35.2. The summed E-state index contributed by atoms with van der Waals surface area (Å²) in [5.74, 6) is -1.62. The average Bonchev–Trinajstić information content (AvgIpc) is 4.19. The van der Waals surface area contributed by atoms with Gasteiger partial charge < -0.3 is 75.6 Å². The van der Waals surface area contributed by atoms with Crippen molar-refractivity contribution in [2.45, 2.75) is 89.8 Å². The molecule has 0 radical (unpaired) electrons. The van der Waals surface area contributed by atoms with Crippen LogP contribution in [0.2, 0.25) is 0 Å². The smallest absolute Gasteiger partial charge is 0.248 e. The summed E-state index contributed by atoms with van der Waals surface area (Å²) >= 11 is 0. The molecule has 0 aliphatic carbocycles. The van der Waals surface area contributed by atoms with E-state index in [1.54, 1.807) is 75.4 Å².